The minimum atomic E-state index is -0.264. The summed E-state index contributed by atoms with van der Waals surface area (Å²) in [7, 11) is 4.29. The van der Waals surface area contributed by atoms with Crippen molar-refractivity contribution in [2.24, 2.45) is 0 Å². The Morgan fingerprint density at radius 2 is 1.61 bits per heavy atom. The molecule has 0 N–H and O–H groups in total. The number of piperidine rings is 1. The minimum Gasteiger partial charge on any atom is -0.355 e. The van der Waals surface area contributed by atoms with E-state index in [2.05, 4.69) is 28.9 Å². The van der Waals surface area contributed by atoms with Gasteiger partial charge < -0.3 is 9.80 Å². The molecular weight excluding hydrogens is 391 g/mol. The van der Waals surface area contributed by atoms with Gasteiger partial charge in [-0.25, -0.2) is 13.9 Å². The van der Waals surface area contributed by atoms with Gasteiger partial charge in [-0.3, -0.25) is 4.98 Å². The predicted molar refractivity (Wildman–Crippen MR) is 121 cm³/mol. The number of benzene rings is 1. The molecule has 0 aliphatic carbocycles. The lowest BCUT2D eigenvalue weighted by Gasteiger charge is -2.35. The third-order valence-electron chi connectivity index (χ3n) is 6.05. The number of imidazole rings is 1. The lowest BCUT2D eigenvalue weighted by molar-refractivity contribution is 0.249. The van der Waals surface area contributed by atoms with Crippen LogP contribution in [-0.2, 0) is 0 Å². The minimum absolute atomic E-state index is 0.264. The first-order valence-corrected chi connectivity index (χ1v) is 10.6. The highest BCUT2D eigenvalue weighted by molar-refractivity contribution is 5.81. The van der Waals surface area contributed by atoms with Crippen LogP contribution in [0.25, 0.3) is 28.2 Å². The van der Waals surface area contributed by atoms with Crippen LogP contribution in [0.2, 0.25) is 0 Å². The second kappa shape index (κ2) is 8.07. The zero-order valence-corrected chi connectivity index (χ0v) is 17.7. The first-order chi connectivity index (χ1) is 15.1. The second-order valence-electron chi connectivity index (χ2n) is 8.20. The fraction of sp³-hybridized carbons (Fsp3) is 0.292. The summed E-state index contributed by atoms with van der Waals surface area (Å²) in [5, 5.41) is 4.98. The number of nitrogens with zero attached hydrogens (tertiary/aromatic N) is 6. The Morgan fingerprint density at radius 3 is 2.29 bits per heavy atom. The molecule has 1 saturated heterocycles. The van der Waals surface area contributed by atoms with Crippen molar-refractivity contribution < 1.29 is 4.39 Å². The van der Waals surface area contributed by atoms with Crippen molar-refractivity contribution in [3.05, 3.63) is 66.7 Å². The monoisotopic (exact) mass is 416 g/mol. The van der Waals surface area contributed by atoms with Crippen LogP contribution in [0.4, 0.5) is 10.2 Å². The third kappa shape index (κ3) is 3.77. The van der Waals surface area contributed by atoms with E-state index < -0.39 is 0 Å². The zero-order valence-electron chi connectivity index (χ0n) is 17.7. The van der Waals surface area contributed by atoms with Crippen LogP contribution >= 0.6 is 0 Å². The van der Waals surface area contributed by atoms with Gasteiger partial charge in [-0.2, -0.15) is 0 Å². The first-order valence-electron chi connectivity index (χ1n) is 10.6. The number of anilines is 1. The SMILES string of the molecule is CN(C)C1CCN(c2ccc3nc(-c4ccc(F)cc4)c(-c4ccncc4)n3n2)CC1. The number of hydrogen-bond donors (Lipinski definition) is 0. The first kappa shape index (κ1) is 19.6. The van der Waals surface area contributed by atoms with Crippen molar-refractivity contribution >= 4 is 11.5 Å². The molecule has 0 unspecified atom stereocenters. The second-order valence-corrected chi connectivity index (χ2v) is 8.20. The Kier molecular flexibility index (Phi) is 5.11. The Balaban J connectivity index is 1.60. The van der Waals surface area contributed by atoms with Gasteiger partial charge in [0.25, 0.3) is 0 Å². The molecule has 158 valence electrons. The molecule has 5 rings (SSSR count). The molecule has 1 aromatic carbocycles. The molecule has 1 aliphatic rings. The van der Waals surface area contributed by atoms with Crippen LogP contribution in [0, 0.1) is 5.82 Å². The van der Waals surface area contributed by atoms with Crippen molar-refractivity contribution in [2.45, 2.75) is 18.9 Å². The Bertz CT molecular complexity index is 1180. The van der Waals surface area contributed by atoms with Gasteiger partial charge in [-0.1, -0.05) is 0 Å². The van der Waals surface area contributed by atoms with Crippen LogP contribution in [-0.4, -0.2) is 57.7 Å². The van der Waals surface area contributed by atoms with Gasteiger partial charge in [-0.15, -0.1) is 5.10 Å². The molecule has 0 saturated carbocycles. The molecule has 4 aromatic rings. The standard InChI is InChI=1S/C24H25FN6/c1-29(2)20-11-15-30(16-12-20)22-8-7-21-27-23(17-3-5-19(25)6-4-17)24(31(21)28-22)18-9-13-26-14-10-18/h3-10,13-14,20H,11-12,15-16H2,1-2H3. The van der Waals surface area contributed by atoms with Crippen LogP contribution in [0.5, 0.6) is 0 Å². The molecule has 3 aromatic heterocycles. The molecular formula is C24H25FN6. The molecule has 7 heteroatoms. The topological polar surface area (TPSA) is 49.6 Å². The van der Waals surface area contributed by atoms with E-state index in [1.165, 1.54) is 12.1 Å². The summed E-state index contributed by atoms with van der Waals surface area (Å²) in [4.78, 5) is 13.6. The summed E-state index contributed by atoms with van der Waals surface area (Å²) in [5.41, 5.74) is 4.25. The summed E-state index contributed by atoms with van der Waals surface area (Å²) in [6.45, 7) is 1.96. The quantitative estimate of drug-likeness (QED) is 0.501. The molecule has 1 fully saturated rings. The van der Waals surface area contributed by atoms with Gasteiger partial charge >= 0.3 is 0 Å². The van der Waals surface area contributed by atoms with E-state index in [-0.39, 0.29) is 5.82 Å². The smallest absolute Gasteiger partial charge is 0.155 e. The number of pyridine rings is 1. The van der Waals surface area contributed by atoms with Gasteiger partial charge in [0.05, 0.1) is 5.69 Å². The fourth-order valence-electron chi connectivity index (χ4n) is 4.28. The zero-order chi connectivity index (χ0) is 21.4. The molecule has 0 amide bonds. The van der Waals surface area contributed by atoms with E-state index in [4.69, 9.17) is 10.1 Å². The van der Waals surface area contributed by atoms with Crippen molar-refractivity contribution in [3.63, 3.8) is 0 Å². The fourth-order valence-corrected chi connectivity index (χ4v) is 4.28. The summed E-state index contributed by atoms with van der Waals surface area (Å²) in [6.07, 6.45) is 5.77. The molecule has 31 heavy (non-hydrogen) atoms. The highest BCUT2D eigenvalue weighted by Gasteiger charge is 2.23. The number of fused-ring (bicyclic) bond motifs is 1. The molecule has 0 radical (unpaired) electrons. The highest BCUT2D eigenvalue weighted by atomic mass is 19.1. The maximum Gasteiger partial charge on any atom is 0.155 e. The van der Waals surface area contributed by atoms with Gasteiger partial charge in [0.15, 0.2) is 5.65 Å². The number of hydrogen-bond acceptors (Lipinski definition) is 5. The lowest BCUT2D eigenvalue weighted by atomic mass is 10.0. The normalized spacial score (nSPS) is 15.2. The Labute approximate surface area is 181 Å². The number of aromatic nitrogens is 4. The van der Waals surface area contributed by atoms with Crippen molar-refractivity contribution in [2.75, 3.05) is 32.1 Å². The van der Waals surface area contributed by atoms with Crippen LogP contribution in [0.15, 0.2) is 60.9 Å². The predicted octanol–water partition coefficient (Wildman–Crippen LogP) is 4.13. The van der Waals surface area contributed by atoms with Gasteiger partial charge in [0, 0.05) is 42.7 Å². The third-order valence-corrected chi connectivity index (χ3v) is 6.05. The molecule has 1 aliphatic heterocycles. The maximum atomic E-state index is 13.5. The molecule has 6 nitrogen and oxygen atoms in total. The highest BCUT2D eigenvalue weighted by Crippen LogP contribution is 2.33. The summed E-state index contributed by atoms with van der Waals surface area (Å²) in [5.74, 6) is 0.683. The Hall–Kier alpha value is -3.32. The molecule has 4 heterocycles. The number of halogens is 1. The van der Waals surface area contributed by atoms with Crippen LogP contribution in [0.3, 0.4) is 0 Å². The maximum absolute atomic E-state index is 13.5. The summed E-state index contributed by atoms with van der Waals surface area (Å²) < 4.78 is 15.4. The molecule has 0 bridgehead atoms. The summed E-state index contributed by atoms with van der Waals surface area (Å²) >= 11 is 0. The Morgan fingerprint density at radius 1 is 0.903 bits per heavy atom. The van der Waals surface area contributed by atoms with Crippen molar-refractivity contribution in [1.82, 2.24) is 24.5 Å². The van der Waals surface area contributed by atoms with Gasteiger partial charge in [-0.05, 0) is 75.5 Å². The van der Waals surface area contributed by atoms with Crippen molar-refractivity contribution in [3.8, 4) is 22.5 Å². The molecule has 0 atom stereocenters. The average molecular weight is 417 g/mol. The van der Waals surface area contributed by atoms with E-state index in [1.54, 1.807) is 24.5 Å². The van der Waals surface area contributed by atoms with Gasteiger partial charge in [0.2, 0.25) is 0 Å². The van der Waals surface area contributed by atoms with E-state index in [1.807, 2.05) is 28.8 Å². The van der Waals surface area contributed by atoms with E-state index in [0.29, 0.717) is 6.04 Å². The van der Waals surface area contributed by atoms with E-state index >= 15 is 0 Å². The number of rotatable bonds is 4. The molecule has 0 spiro atoms. The van der Waals surface area contributed by atoms with Gasteiger partial charge in [0.1, 0.15) is 17.3 Å². The lowest BCUT2D eigenvalue weighted by Crippen LogP contribution is -2.42. The van der Waals surface area contributed by atoms with E-state index in [0.717, 1.165) is 59.9 Å². The average Bonchev–Trinajstić information content (AvgIpc) is 3.19. The van der Waals surface area contributed by atoms with Crippen LogP contribution in [0.1, 0.15) is 12.8 Å². The van der Waals surface area contributed by atoms with Crippen LogP contribution < -0.4 is 4.90 Å². The largest absolute Gasteiger partial charge is 0.355 e. The summed E-state index contributed by atoms with van der Waals surface area (Å²) in [6, 6.07) is 15.0. The van der Waals surface area contributed by atoms with E-state index in [9.17, 15) is 4.39 Å². The van der Waals surface area contributed by atoms with Crippen molar-refractivity contribution in [1.29, 1.82) is 0 Å².